The topological polar surface area (TPSA) is 191 Å². The van der Waals surface area contributed by atoms with Crippen molar-refractivity contribution in [2.45, 2.75) is 25.7 Å². The van der Waals surface area contributed by atoms with Crippen LogP contribution in [0.2, 0.25) is 10.0 Å². The first-order valence-electron chi connectivity index (χ1n) is 19.2. The van der Waals surface area contributed by atoms with Crippen LogP contribution in [0.4, 0.5) is 23.0 Å². The van der Waals surface area contributed by atoms with Gasteiger partial charge in [-0.1, -0.05) is 59.6 Å². The van der Waals surface area contributed by atoms with Gasteiger partial charge in [0.25, 0.3) is 0 Å². The number of halogens is 4. The number of anilines is 4. The average Bonchev–Trinajstić information content (AvgIpc) is 4.01. The number of nitrogens with zero attached hydrogens (tertiary/aromatic N) is 6. The summed E-state index contributed by atoms with van der Waals surface area (Å²) >= 11 is 16.0. The molecule has 4 aliphatic rings. The van der Waals surface area contributed by atoms with Crippen molar-refractivity contribution in [3.05, 3.63) is 105 Å². The summed E-state index contributed by atoms with van der Waals surface area (Å²) in [6.07, 6.45) is 2.72. The highest BCUT2D eigenvalue weighted by atomic mass is 35.5. The highest BCUT2D eigenvalue weighted by Gasteiger charge is 2.25. The summed E-state index contributed by atoms with van der Waals surface area (Å²) in [5.74, 6) is 2.35. The monoisotopic (exact) mass is 950 g/mol. The number of rotatable bonds is 8. The predicted molar refractivity (Wildman–Crippen MR) is 257 cm³/mol. The maximum Gasteiger partial charge on any atom is 0.228 e. The molecule has 6 heterocycles. The second-order valence-electron chi connectivity index (χ2n) is 14.8. The maximum absolute atomic E-state index is 11.6. The van der Waals surface area contributed by atoms with Crippen molar-refractivity contribution in [2.24, 2.45) is 0 Å². The Morgan fingerprint density at radius 3 is 1.33 bits per heavy atom. The highest BCUT2D eigenvalue weighted by Crippen LogP contribution is 2.34. The van der Waals surface area contributed by atoms with Crippen LogP contribution in [0.25, 0.3) is 20.2 Å². The lowest BCUT2D eigenvalue weighted by molar-refractivity contribution is -0.115. The maximum atomic E-state index is 11.6. The van der Waals surface area contributed by atoms with E-state index in [-0.39, 0.29) is 53.1 Å². The number of piperazine rings is 2. The first-order chi connectivity index (χ1) is 27.3. The van der Waals surface area contributed by atoms with Crippen LogP contribution in [0.15, 0.2) is 72.8 Å². The van der Waals surface area contributed by atoms with Gasteiger partial charge in [-0.3, -0.25) is 19.4 Å². The van der Waals surface area contributed by atoms with Gasteiger partial charge in [0.2, 0.25) is 11.8 Å². The van der Waals surface area contributed by atoms with E-state index >= 15 is 0 Å². The summed E-state index contributed by atoms with van der Waals surface area (Å²) in [6, 6.07) is 24.9. The Hall–Kier alpha value is -3.84. The number of carbonyl (C=O) groups excluding carboxylic acids is 2. The number of nitrogens with one attached hydrogen (secondary N) is 2. The summed E-state index contributed by atoms with van der Waals surface area (Å²) < 4.78 is 11.9. The van der Waals surface area contributed by atoms with Gasteiger partial charge >= 0.3 is 0 Å². The summed E-state index contributed by atoms with van der Waals surface area (Å²) in [5, 5.41) is 9.72. The van der Waals surface area contributed by atoms with Crippen LogP contribution in [-0.2, 0) is 35.3 Å². The third-order valence-corrected chi connectivity index (χ3v) is 13.6. The van der Waals surface area contributed by atoms with Gasteiger partial charge in [-0.2, -0.15) is 8.75 Å². The van der Waals surface area contributed by atoms with Crippen LogP contribution in [0.3, 0.4) is 0 Å². The minimum Gasteiger partial charge on any atom is -0.412 e. The molecule has 4 aromatic carbocycles. The molecule has 2 saturated heterocycles. The molecule has 4 aliphatic heterocycles. The fourth-order valence-corrected chi connectivity index (χ4v) is 10.2. The van der Waals surface area contributed by atoms with E-state index in [1.165, 1.54) is 20.2 Å². The van der Waals surface area contributed by atoms with E-state index in [1.54, 1.807) is 23.1 Å². The van der Waals surface area contributed by atoms with E-state index in [0.29, 0.717) is 12.8 Å². The quantitative estimate of drug-likeness (QED) is 0.186. The Morgan fingerprint density at radius 2 is 0.934 bits per heavy atom. The molecule has 0 radical (unpaired) electrons. The smallest absolute Gasteiger partial charge is 0.228 e. The van der Waals surface area contributed by atoms with Gasteiger partial charge in [-0.05, 0) is 94.6 Å². The van der Waals surface area contributed by atoms with Gasteiger partial charge in [0.15, 0.2) is 0 Å². The van der Waals surface area contributed by atoms with Crippen molar-refractivity contribution in [3.63, 3.8) is 0 Å². The van der Waals surface area contributed by atoms with Crippen LogP contribution in [0.1, 0.15) is 22.3 Å². The van der Waals surface area contributed by atoms with Crippen molar-refractivity contribution in [1.82, 2.24) is 18.5 Å². The molecular formula is C42H50Cl4N8O5S2. The zero-order valence-electron chi connectivity index (χ0n) is 33.2. The second kappa shape index (κ2) is 22.0. The van der Waals surface area contributed by atoms with Gasteiger partial charge < -0.3 is 36.9 Å². The molecule has 61 heavy (non-hydrogen) atoms. The lowest BCUT2D eigenvalue weighted by atomic mass is 10.1. The fourth-order valence-electron chi connectivity index (χ4n) is 8.11. The first-order valence-corrected chi connectivity index (χ1v) is 21.5. The Balaban J connectivity index is 0.000000248. The first kappa shape index (κ1) is 49.8. The SMILES string of the molecule is Cl.Cl.O.O.O.O=C1Cc2cc(CCN3CCN(c4nsc5ccccc45)CC3)c(Cl)cc2N1.O=C1Cc2cc(CCN3CCN(c4nsc5ccccc45)CC3)c(Cl)cc2N1. The molecule has 0 aliphatic carbocycles. The van der Waals surface area contributed by atoms with E-state index in [4.69, 9.17) is 23.2 Å². The lowest BCUT2D eigenvalue weighted by Crippen LogP contribution is -2.47. The van der Waals surface area contributed by atoms with Crippen LogP contribution >= 0.6 is 71.1 Å². The van der Waals surface area contributed by atoms with Crippen LogP contribution in [0.5, 0.6) is 0 Å². The normalized spacial score (nSPS) is 15.8. The minimum atomic E-state index is 0. The van der Waals surface area contributed by atoms with Crippen molar-refractivity contribution < 1.29 is 26.0 Å². The molecule has 2 fully saturated rings. The zero-order chi connectivity index (χ0) is 38.2. The van der Waals surface area contributed by atoms with Gasteiger partial charge in [-0.15, -0.1) is 24.8 Å². The van der Waals surface area contributed by atoms with Gasteiger partial charge in [0.1, 0.15) is 11.6 Å². The van der Waals surface area contributed by atoms with E-state index in [0.717, 1.165) is 134 Å². The number of benzene rings is 4. The Kier molecular flexibility index (Phi) is 18.0. The standard InChI is InChI=1S/2C21H21ClN4OS.2ClH.3H2O/c2*22-17-13-18-15(12-20(27)23-18)11-14(17)5-6-25-7-9-26(10-8-25)21-16-3-1-2-4-19(16)28-24-21;;;;;/h2*1-4,11,13H,5-10,12H2,(H,23,27);2*1H;3*1H2. The van der Waals surface area contributed by atoms with E-state index in [1.807, 2.05) is 12.1 Å². The van der Waals surface area contributed by atoms with Crippen LogP contribution in [-0.4, -0.2) is 112 Å². The minimum absolute atomic E-state index is 0. The molecule has 19 heteroatoms. The van der Waals surface area contributed by atoms with Crippen LogP contribution < -0.4 is 20.4 Å². The molecule has 2 amide bonds. The molecule has 0 spiro atoms. The van der Waals surface area contributed by atoms with Gasteiger partial charge in [0.05, 0.1) is 22.2 Å². The number of hydrogen-bond acceptors (Lipinski definition) is 10. The molecule has 0 unspecified atom stereocenters. The fraction of sp³-hybridized carbons (Fsp3) is 0.333. The Morgan fingerprint density at radius 1 is 0.557 bits per heavy atom. The zero-order valence-corrected chi connectivity index (χ0v) is 38.0. The predicted octanol–water partition coefficient (Wildman–Crippen LogP) is 5.99. The van der Waals surface area contributed by atoms with Crippen LogP contribution in [0, 0.1) is 0 Å². The van der Waals surface area contributed by atoms with E-state index < -0.39 is 0 Å². The third-order valence-electron chi connectivity index (χ3n) is 11.2. The molecule has 10 rings (SSSR count). The molecule has 2 aromatic heterocycles. The number of carbonyl (C=O) groups is 2. The van der Waals surface area contributed by atoms with E-state index in [9.17, 15) is 9.59 Å². The van der Waals surface area contributed by atoms with Crippen molar-refractivity contribution in [3.8, 4) is 0 Å². The number of amides is 2. The molecule has 0 bridgehead atoms. The number of hydrogen-bond donors (Lipinski definition) is 2. The van der Waals surface area contributed by atoms with Gasteiger partial charge in [-0.25, -0.2) is 0 Å². The molecule has 0 saturated carbocycles. The van der Waals surface area contributed by atoms with Crippen molar-refractivity contribution in [2.75, 3.05) is 85.9 Å². The average molecular weight is 953 g/mol. The molecular weight excluding hydrogens is 902 g/mol. The summed E-state index contributed by atoms with van der Waals surface area (Å²) in [4.78, 5) is 32.9. The largest absolute Gasteiger partial charge is 0.412 e. The Bertz CT molecular complexity index is 2270. The third kappa shape index (κ3) is 11.0. The number of aromatic nitrogens is 2. The molecule has 328 valence electrons. The van der Waals surface area contributed by atoms with Gasteiger partial charge in [0, 0.05) is 97.6 Å². The van der Waals surface area contributed by atoms with Crippen molar-refractivity contribution >= 4 is 126 Å². The highest BCUT2D eigenvalue weighted by molar-refractivity contribution is 7.14. The summed E-state index contributed by atoms with van der Waals surface area (Å²) in [6.45, 7) is 10.0. The summed E-state index contributed by atoms with van der Waals surface area (Å²) in [5.41, 5.74) is 6.11. The van der Waals surface area contributed by atoms with Crippen molar-refractivity contribution in [1.29, 1.82) is 0 Å². The summed E-state index contributed by atoms with van der Waals surface area (Å²) in [7, 11) is 0. The molecule has 13 nitrogen and oxygen atoms in total. The number of fused-ring (bicyclic) bond motifs is 4. The molecule has 8 N–H and O–H groups in total. The molecule has 6 aromatic rings. The van der Waals surface area contributed by atoms with E-state index in [2.05, 4.69) is 99.6 Å². The lowest BCUT2D eigenvalue weighted by Gasteiger charge is -2.35. The molecule has 0 atom stereocenters. The second-order valence-corrected chi connectivity index (χ2v) is 17.2. The Labute approximate surface area is 385 Å².